The predicted molar refractivity (Wildman–Crippen MR) is 118 cm³/mol. The van der Waals surface area contributed by atoms with Crippen LogP contribution in [0.5, 0.6) is 0 Å². The molecule has 1 aliphatic rings. The Bertz CT molecular complexity index is 1100. The summed E-state index contributed by atoms with van der Waals surface area (Å²) >= 11 is 6.19. The third kappa shape index (κ3) is 4.37. The van der Waals surface area contributed by atoms with E-state index in [1.807, 2.05) is 48.1 Å². The fourth-order valence-electron chi connectivity index (χ4n) is 3.93. The zero-order valence-electron chi connectivity index (χ0n) is 17.6. The van der Waals surface area contributed by atoms with Crippen molar-refractivity contribution in [3.05, 3.63) is 59.4 Å². The third-order valence-corrected chi connectivity index (χ3v) is 5.82. The molecule has 1 saturated heterocycles. The fourth-order valence-corrected chi connectivity index (χ4v) is 4.12. The van der Waals surface area contributed by atoms with E-state index in [0.717, 1.165) is 11.4 Å². The van der Waals surface area contributed by atoms with Gasteiger partial charge in [-0.25, -0.2) is 4.68 Å². The molecule has 0 radical (unpaired) electrons. The molecule has 3 aromatic rings. The van der Waals surface area contributed by atoms with E-state index in [1.54, 1.807) is 28.6 Å². The van der Waals surface area contributed by atoms with E-state index in [4.69, 9.17) is 21.4 Å². The number of halogens is 1. The van der Waals surface area contributed by atoms with Crippen LogP contribution in [-0.2, 0) is 16.6 Å². The topological polar surface area (TPSA) is 69.4 Å². The number of piperidine rings is 1. The first-order chi connectivity index (χ1) is 15.0. The van der Waals surface area contributed by atoms with Crippen molar-refractivity contribution in [2.24, 2.45) is 13.0 Å². The van der Waals surface area contributed by atoms with Crippen LogP contribution in [0, 0.1) is 5.92 Å². The average molecular weight is 441 g/mol. The molecule has 0 atom stereocenters. The normalized spacial score (nSPS) is 14.6. The van der Waals surface area contributed by atoms with Gasteiger partial charge in [-0.2, -0.15) is 5.10 Å². The molecule has 4 rings (SSSR count). The number of rotatable bonds is 5. The van der Waals surface area contributed by atoms with Gasteiger partial charge in [-0.1, -0.05) is 17.7 Å². The lowest BCUT2D eigenvalue weighted by Crippen LogP contribution is -2.41. The van der Waals surface area contributed by atoms with E-state index < -0.39 is 0 Å². The van der Waals surface area contributed by atoms with Crippen molar-refractivity contribution >= 4 is 23.5 Å². The maximum absolute atomic E-state index is 13.5. The number of amides is 1. The molecule has 162 valence electrons. The van der Waals surface area contributed by atoms with Crippen LogP contribution in [-0.4, -0.2) is 50.8 Å². The van der Waals surface area contributed by atoms with Crippen molar-refractivity contribution in [1.29, 1.82) is 0 Å². The smallest absolute Gasteiger partial charge is 0.309 e. The van der Waals surface area contributed by atoms with Gasteiger partial charge in [0, 0.05) is 31.4 Å². The lowest BCUT2D eigenvalue weighted by atomic mass is 9.97. The molecule has 1 aliphatic heterocycles. The molecule has 1 aromatic carbocycles. The molecular weight excluding hydrogens is 416 g/mol. The highest BCUT2D eigenvalue weighted by atomic mass is 35.5. The van der Waals surface area contributed by atoms with Gasteiger partial charge in [-0.05, 0) is 56.2 Å². The number of carbonyl (C=O) groups is 2. The number of carbonyl (C=O) groups excluding carboxylic acids is 2. The number of aryl methyl sites for hydroxylation is 1. The van der Waals surface area contributed by atoms with Crippen molar-refractivity contribution in [2.75, 3.05) is 19.7 Å². The average Bonchev–Trinajstić information content (AvgIpc) is 3.40. The van der Waals surface area contributed by atoms with Crippen molar-refractivity contribution in [1.82, 2.24) is 19.2 Å². The molecule has 0 spiro atoms. The molecule has 8 heteroatoms. The highest BCUT2D eigenvalue weighted by molar-refractivity contribution is 6.30. The lowest BCUT2D eigenvalue weighted by Gasteiger charge is -2.30. The van der Waals surface area contributed by atoms with Crippen LogP contribution >= 0.6 is 11.6 Å². The standard InChI is InChI=1S/C23H25ClN4O3/c1-3-31-23(30)16-9-12-27(13-10-16)22(29)21-15-19(20-8-5-11-26(20)2)25-28(21)18-7-4-6-17(24)14-18/h4-8,11,14-16H,3,9-10,12-13H2,1-2H3. The van der Waals surface area contributed by atoms with Gasteiger partial charge in [0.05, 0.1) is 23.9 Å². The van der Waals surface area contributed by atoms with E-state index in [0.29, 0.717) is 48.9 Å². The first-order valence-corrected chi connectivity index (χ1v) is 10.8. The summed E-state index contributed by atoms with van der Waals surface area (Å²) in [5.41, 5.74) is 2.80. The molecule has 0 aliphatic carbocycles. The third-order valence-electron chi connectivity index (χ3n) is 5.59. The minimum Gasteiger partial charge on any atom is -0.466 e. The van der Waals surface area contributed by atoms with E-state index in [2.05, 4.69) is 0 Å². The largest absolute Gasteiger partial charge is 0.466 e. The number of hydrogen-bond donors (Lipinski definition) is 0. The number of aromatic nitrogens is 3. The van der Waals surface area contributed by atoms with Crippen molar-refractivity contribution in [2.45, 2.75) is 19.8 Å². The van der Waals surface area contributed by atoms with Crippen molar-refractivity contribution < 1.29 is 14.3 Å². The van der Waals surface area contributed by atoms with E-state index in [-0.39, 0.29) is 17.8 Å². The summed E-state index contributed by atoms with van der Waals surface area (Å²) < 4.78 is 8.74. The van der Waals surface area contributed by atoms with Gasteiger partial charge in [-0.3, -0.25) is 9.59 Å². The highest BCUT2D eigenvalue weighted by Crippen LogP contribution is 2.26. The number of benzene rings is 1. The number of ether oxygens (including phenoxy) is 1. The zero-order valence-corrected chi connectivity index (χ0v) is 18.4. The van der Waals surface area contributed by atoms with Gasteiger partial charge in [-0.15, -0.1) is 0 Å². The Hall–Kier alpha value is -3.06. The summed E-state index contributed by atoms with van der Waals surface area (Å²) in [5.74, 6) is -0.444. The molecule has 3 heterocycles. The first kappa shape index (κ1) is 21.2. The van der Waals surface area contributed by atoms with Crippen LogP contribution in [0.4, 0.5) is 0 Å². The van der Waals surface area contributed by atoms with Gasteiger partial charge in [0.2, 0.25) is 0 Å². The summed E-state index contributed by atoms with van der Waals surface area (Å²) in [6, 6.07) is 13.0. The maximum atomic E-state index is 13.5. The number of esters is 1. The summed E-state index contributed by atoms with van der Waals surface area (Å²) in [5, 5.41) is 5.30. The number of nitrogens with zero attached hydrogens (tertiary/aromatic N) is 4. The van der Waals surface area contributed by atoms with Gasteiger partial charge in [0.25, 0.3) is 5.91 Å². The van der Waals surface area contributed by atoms with Crippen LogP contribution in [0.25, 0.3) is 17.1 Å². The summed E-state index contributed by atoms with van der Waals surface area (Å²) in [6.45, 7) is 3.18. The van der Waals surface area contributed by atoms with Crippen LogP contribution in [0.2, 0.25) is 5.02 Å². The Morgan fingerprint density at radius 1 is 1.16 bits per heavy atom. The van der Waals surface area contributed by atoms with Gasteiger partial charge in [0.15, 0.2) is 0 Å². The molecule has 1 amide bonds. The van der Waals surface area contributed by atoms with E-state index in [1.165, 1.54) is 0 Å². The summed E-state index contributed by atoms with van der Waals surface area (Å²) in [6.07, 6.45) is 3.14. The summed E-state index contributed by atoms with van der Waals surface area (Å²) in [4.78, 5) is 27.3. The SMILES string of the molecule is CCOC(=O)C1CCN(C(=O)c2cc(-c3cccn3C)nn2-c2cccc(Cl)c2)CC1. The van der Waals surface area contributed by atoms with Gasteiger partial charge in [0.1, 0.15) is 11.4 Å². The molecule has 0 unspecified atom stereocenters. The second-order valence-corrected chi connectivity index (χ2v) is 8.07. The predicted octanol–water partition coefficient (Wildman–Crippen LogP) is 3.95. The Labute approximate surface area is 186 Å². The van der Waals surface area contributed by atoms with Gasteiger partial charge >= 0.3 is 5.97 Å². The number of likely N-dealkylation sites (tertiary alicyclic amines) is 1. The molecule has 31 heavy (non-hydrogen) atoms. The van der Waals surface area contributed by atoms with Crippen LogP contribution in [0.3, 0.4) is 0 Å². The molecular formula is C23H25ClN4O3. The minimum absolute atomic E-state index is 0.116. The van der Waals surface area contributed by atoms with Gasteiger partial charge < -0.3 is 14.2 Å². The van der Waals surface area contributed by atoms with E-state index in [9.17, 15) is 9.59 Å². The second-order valence-electron chi connectivity index (χ2n) is 7.63. The van der Waals surface area contributed by atoms with Crippen molar-refractivity contribution in [3.63, 3.8) is 0 Å². The Balaban J connectivity index is 1.64. The lowest BCUT2D eigenvalue weighted by molar-refractivity contribution is -0.149. The van der Waals surface area contributed by atoms with Crippen LogP contribution in [0.1, 0.15) is 30.3 Å². The molecule has 1 fully saturated rings. The van der Waals surface area contributed by atoms with Crippen LogP contribution in [0.15, 0.2) is 48.7 Å². The molecule has 2 aromatic heterocycles. The van der Waals surface area contributed by atoms with Crippen LogP contribution < -0.4 is 0 Å². The number of hydrogen-bond acceptors (Lipinski definition) is 4. The molecule has 0 saturated carbocycles. The summed E-state index contributed by atoms with van der Waals surface area (Å²) in [7, 11) is 1.94. The molecule has 0 bridgehead atoms. The molecule has 0 N–H and O–H groups in total. The minimum atomic E-state index is -0.176. The molecule has 7 nitrogen and oxygen atoms in total. The second kappa shape index (κ2) is 8.98. The quantitative estimate of drug-likeness (QED) is 0.563. The Morgan fingerprint density at radius 3 is 2.58 bits per heavy atom. The monoisotopic (exact) mass is 440 g/mol. The van der Waals surface area contributed by atoms with E-state index >= 15 is 0 Å². The first-order valence-electron chi connectivity index (χ1n) is 10.4. The highest BCUT2D eigenvalue weighted by Gasteiger charge is 2.30. The van der Waals surface area contributed by atoms with Crippen molar-refractivity contribution in [3.8, 4) is 17.1 Å². The Kier molecular flexibility index (Phi) is 6.13. The zero-order chi connectivity index (χ0) is 22.0. The fraction of sp³-hybridized carbons (Fsp3) is 0.348. The Morgan fingerprint density at radius 2 is 1.94 bits per heavy atom. The maximum Gasteiger partial charge on any atom is 0.309 e.